The van der Waals surface area contributed by atoms with Crippen LogP contribution in [0.1, 0.15) is 0 Å². The van der Waals surface area contributed by atoms with Crippen LogP contribution in [0.4, 0.5) is 0 Å². The van der Waals surface area contributed by atoms with Gasteiger partial charge in [0, 0.05) is 0 Å². The Labute approximate surface area is 70.6 Å². The second-order valence-corrected chi connectivity index (χ2v) is 2.53. The predicted octanol–water partition coefficient (Wildman–Crippen LogP) is -2.03. The molecule has 0 radical (unpaired) electrons. The number of carbonyl (C=O) groups is 1. The number of terminal acetylenes is 1. The zero-order valence-corrected chi connectivity index (χ0v) is 6.54. The molecule has 4 N–H and O–H groups in total. The van der Waals surface area contributed by atoms with Gasteiger partial charge < -0.3 is 10.1 Å². The van der Waals surface area contributed by atoms with Crippen molar-refractivity contribution >= 4 is 5.91 Å². The van der Waals surface area contributed by atoms with Crippen molar-refractivity contribution in [3.8, 4) is 12.3 Å². The summed E-state index contributed by atoms with van der Waals surface area (Å²) in [6.07, 6.45) is 4.88. The maximum atomic E-state index is 10.8. The molecule has 1 fully saturated rings. The summed E-state index contributed by atoms with van der Waals surface area (Å²) in [6, 6.07) is -0.180. The fourth-order valence-electron chi connectivity index (χ4n) is 1.07. The molecule has 0 saturated carbocycles. The Kier molecular flexibility index (Phi) is 3.05. The van der Waals surface area contributed by atoms with Crippen LogP contribution in [0.2, 0.25) is 0 Å². The SMILES string of the molecule is C#CC(=O)N[C@H]1COC[C@H]1NN. The van der Waals surface area contributed by atoms with E-state index >= 15 is 0 Å². The summed E-state index contributed by atoms with van der Waals surface area (Å²) in [7, 11) is 0. The molecule has 0 spiro atoms. The first-order valence-electron chi connectivity index (χ1n) is 3.59. The van der Waals surface area contributed by atoms with Gasteiger partial charge in [-0.2, -0.15) is 0 Å². The highest BCUT2D eigenvalue weighted by molar-refractivity contribution is 5.93. The largest absolute Gasteiger partial charge is 0.377 e. The summed E-state index contributed by atoms with van der Waals surface area (Å²) >= 11 is 0. The van der Waals surface area contributed by atoms with Gasteiger partial charge in [0.25, 0.3) is 5.91 Å². The molecule has 5 nitrogen and oxygen atoms in total. The smallest absolute Gasteiger partial charge is 0.295 e. The predicted molar refractivity (Wildman–Crippen MR) is 42.7 cm³/mol. The van der Waals surface area contributed by atoms with Gasteiger partial charge >= 0.3 is 0 Å². The minimum Gasteiger partial charge on any atom is -0.377 e. The van der Waals surface area contributed by atoms with Crippen LogP contribution in [0.3, 0.4) is 0 Å². The minimum absolute atomic E-state index is 0.0534. The van der Waals surface area contributed by atoms with E-state index in [2.05, 4.69) is 10.7 Å². The zero-order chi connectivity index (χ0) is 8.97. The minimum atomic E-state index is -0.439. The first kappa shape index (κ1) is 9.00. The van der Waals surface area contributed by atoms with Crippen LogP contribution in [0.5, 0.6) is 0 Å². The highest BCUT2D eigenvalue weighted by atomic mass is 16.5. The Morgan fingerprint density at radius 3 is 2.83 bits per heavy atom. The Balaban J connectivity index is 2.41. The fourth-order valence-corrected chi connectivity index (χ4v) is 1.07. The van der Waals surface area contributed by atoms with E-state index in [1.165, 1.54) is 0 Å². The molecule has 1 rings (SSSR count). The maximum absolute atomic E-state index is 10.8. The molecule has 0 aliphatic carbocycles. The molecule has 1 aliphatic rings. The normalized spacial score (nSPS) is 28.0. The fraction of sp³-hybridized carbons (Fsp3) is 0.571. The van der Waals surface area contributed by atoms with E-state index in [1.807, 2.05) is 5.92 Å². The lowest BCUT2D eigenvalue weighted by atomic mass is 10.2. The van der Waals surface area contributed by atoms with Gasteiger partial charge in [0.15, 0.2) is 0 Å². The summed E-state index contributed by atoms with van der Waals surface area (Å²) < 4.78 is 5.08. The molecule has 1 heterocycles. The van der Waals surface area contributed by atoms with E-state index in [1.54, 1.807) is 0 Å². The van der Waals surface area contributed by atoms with Crippen LogP contribution in [-0.4, -0.2) is 31.2 Å². The van der Waals surface area contributed by atoms with Gasteiger partial charge in [-0.25, -0.2) is 0 Å². The molecule has 0 aromatic rings. The topological polar surface area (TPSA) is 76.4 Å². The number of hydrogen-bond acceptors (Lipinski definition) is 4. The molecular weight excluding hydrogens is 158 g/mol. The lowest BCUT2D eigenvalue weighted by Gasteiger charge is -2.15. The second-order valence-electron chi connectivity index (χ2n) is 2.53. The summed E-state index contributed by atoms with van der Waals surface area (Å²) in [5.41, 5.74) is 2.54. The number of hydrazine groups is 1. The molecule has 1 saturated heterocycles. The van der Waals surface area contributed by atoms with Crippen molar-refractivity contribution in [1.82, 2.24) is 10.7 Å². The molecule has 0 aromatic heterocycles. The molecule has 1 aliphatic heterocycles. The van der Waals surface area contributed by atoms with Crippen LogP contribution >= 0.6 is 0 Å². The lowest BCUT2D eigenvalue weighted by molar-refractivity contribution is -0.116. The summed E-state index contributed by atoms with van der Waals surface area (Å²) in [4.78, 5) is 10.8. The van der Waals surface area contributed by atoms with Crippen molar-refractivity contribution in [1.29, 1.82) is 0 Å². The van der Waals surface area contributed by atoms with Crippen molar-refractivity contribution in [3.63, 3.8) is 0 Å². The van der Waals surface area contributed by atoms with E-state index in [0.29, 0.717) is 13.2 Å². The van der Waals surface area contributed by atoms with Crippen LogP contribution in [0.25, 0.3) is 0 Å². The Morgan fingerprint density at radius 1 is 1.58 bits per heavy atom. The standard InChI is InChI=1S/C7H11N3O2/c1-2-7(11)9-5-3-12-4-6(5)10-8/h1,5-6,10H,3-4,8H2,(H,9,11)/t5-,6+/m0/s1. The van der Waals surface area contributed by atoms with Crippen LogP contribution in [-0.2, 0) is 9.53 Å². The molecule has 12 heavy (non-hydrogen) atoms. The van der Waals surface area contributed by atoms with E-state index in [0.717, 1.165) is 0 Å². The number of ether oxygens (including phenoxy) is 1. The zero-order valence-electron chi connectivity index (χ0n) is 6.54. The molecule has 5 heteroatoms. The van der Waals surface area contributed by atoms with Crippen molar-refractivity contribution in [2.75, 3.05) is 13.2 Å². The van der Waals surface area contributed by atoms with Crippen LogP contribution < -0.4 is 16.6 Å². The quantitative estimate of drug-likeness (QED) is 0.253. The number of nitrogens with two attached hydrogens (primary N) is 1. The molecule has 2 atom stereocenters. The second kappa shape index (κ2) is 4.07. The van der Waals surface area contributed by atoms with Gasteiger partial charge in [-0.1, -0.05) is 0 Å². The highest BCUT2D eigenvalue weighted by Gasteiger charge is 2.27. The van der Waals surface area contributed by atoms with E-state index in [4.69, 9.17) is 17.0 Å². The van der Waals surface area contributed by atoms with Crippen LogP contribution in [0.15, 0.2) is 0 Å². The number of carbonyl (C=O) groups excluding carboxylic acids is 1. The maximum Gasteiger partial charge on any atom is 0.295 e. The first-order chi connectivity index (χ1) is 5.77. The average Bonchev–Trinajstić information content (AvgIpc) is 2.51. The summed E-state index contributed by atoms with van der Waals surface area (Å²) in [5.74, 6) is 6.73. The lowest BCUT2D eigenvalue weighted by Crippen LogP contribution is -2.51. The highest BCUT2D eigenvalue weighted by Crippen LogP contribution is 2.03. The summed E-state index contributed by atoms with van der Waals surface area (Å²) in [6.45, 7) is 0.939. The van der Waals surface area contributed by atoms with Gasteiger partial charge in [0.05, 0.1) is 25.3 Å². The Bertz CT molecular complexity index is 211. The molecule has 66 valence electrons. The van der Waals surface area contributed by atoms with Gasteiger partial charge in [-0.15, -0.1) is 6.42 Å². The molecule has 0 unspecified atom stereocenters. The number of amides is 1. The van der Waals surface area contributed by atoms with Crippen molar-refractivity contribution in [2.24, 2.45) is 5.84 Å². The van der Waals surface area contributed by atoms with Crippen LogP contribution in [0, 0.1) is 12.3 Å². The Morgan fingerprint density at radius 2 is 2.25 bits per heavy atom. The van der Waals surface area contributed by atoms with Crippen molar-refractivity contribution in [2.45, 2.75) is 12.1 Å². The Hall–Kier alpha value is -1.09. The van der Waals surface area contributed by atoms with Crippen molar-refractivity contribution in [3.05, 3.63) is 0 Å². The van der Waals surface area contributed by atoms with Gasteiger partial charge in [-0.05, 0) is 5.92 Å². The first-order valence-corrected chi connectivity index (χ1v) is 3.59. The molecule has 0 bridgehead atoms. The third-order valence-corrected chi connectivity index (χ3v) is 1.74. The molecule has 0 aromatic carbocycles. The number of hydrogen-bond donors (Lipinski definition) is 3. The summed E-state index contributed by atoms with van der Waals surface area (Å²) in [5, 5.41) is 2.59. The van der Waals surface area contributed by atoms with Gasteiger partial charge in [-0.3, -0.25) is 16.1 Å². The van der Waals surface area contributed by atoms with E-state index < -0.39 is 5.91 Å². The molecule has 1 amide bonds. The third kappa shape index (κ3) is 1.95. The van der Waals surface area contributed by atoms with E-state index in [-0.39, 0.29) is 12.1 Å². The van der Waals surface area contributed by atoms with Crippen molar-refractivity contribution < 1.29 is 9.53 Å². The van der Waals surface area contributed by atoms with E-state index in [9.17, 15) is 4.79 Å². The number of nitrogens with one attached hydrogen (secondary N) is 2. The number of rotatable bonds is 2. The van der Waals surface area contributed by atoms with Gasteiger partial charge in [0.1, 0.15) is 0 Å². The monoisotopic (exact) mass is 169 g/mol. The van der Waals surface area contributed by atoms with Gasteiger partial charge in [0.2, 0.25) is 0 Å². The molecular formula is C7H11N3O2. The average molecular weight is 169 g/mol. The third-order valence-electron chi connectivity index (χ3n) is 1.74.